The van der Waals surface area contributed by atoms with E-state index < -0.39 is 5.97 Å². The molecule has 0 aromatic rings. The number of hydrogen-bond acceptors (Lipinski definition) is 1. The van der Waals surface area contributed by atoms with Crippen LogP contribution in [0.15, 0.2) is 0 Å². The van der Waals surface area contributed by atoms with Gasteiger partial charge in [-0.3, -0.25) is 4.79 Å². The predicted molar refractivity (Wildman–Crippen MR) is 71.2 cm³/mol. The van der Waals surface area contributed by atoms with Gasteiger partial charge in [0.05, 0.1) is 0 Å². The van der Waals surface area contributed by atoms with E-state index in [1.165, 1.54) is 38.5 Å². The molecule has 4 aliphatic rings. The van der Waals surface area contributed by atoms with E-state index >= 15 is 0 Å². The van der Waals surface area contributed by atoms with Crippen LogP contribution >= 0.6 is 0 Å². The van der Waals surface area contributed by atoms with Gasteiger partial charge >= 0.3 is 5.97 Å². The molecule has 3 unspecified atom stereocenters. The molecule has 3 atom stereocenters. The molecule has 2 nitrogen and oxygen atoms in total. The summed E-state index contributed by atoms with van der Waals surface area (Å²) >= 11 is 0. The largest absolute Gasteiger partial charge is 0.481 e. The Labute approximate surface area is 110 Å². The van der Waals surface area contributed by atoms with E-state index in [-0.39, 0.29) is 0 Å². The maximum Gasteiger partial charge on any atom is 0.303 e. The normalized spacial score (nSPS) is 47.2. The van der Waals surface area contributed by atoms with Crippen LogP contribution in [0.25, 0.3) is 0 Å². The molecule has 0 aliphatic heterocycles. The molecule has 4 fully saturated rings. The second-order valence-corrected chi connectivity index (χ2v) is 7.48. The van der Waals surface area contributed by atoms with Crippen molar-refractivity contribution in [1.82, 2.24) is 0 Å². The lowest BCUT2D eigenvalue weighted by Gasteiger charge is -2.61. The minimum atomic E-state index is -0.610. The Bertz CT molecular complexity index is 333. The van der Waals surface area contributed by atoms with Crippen molar-refractivity contribution in [3.05, 3.63) is 0 Å². The minimum absolute atomic E-state index is 0.376. The summed E-state index contributed by atoms with van der Waals surface area (Å²) in [6.07, 6.45) is 8.77. The van der Waals surface area contributed by atoms with Crippen LogP contribution in [-0.4, -0.2) is 11.1 Å². The standard InChI is InChI=1S/C16H26O2/c1-3-16-7-11-5-12(8-16)15(13(6-11)9-16)10(2)4-14(17)18/h10-13,15H,3-9H2,1-2H3,(H,17,18). The maximum atomic E-state index is 11.0. The number of carboxylic acid groups (broad SMARTS) is 1. The van der Waals surface area contributed by atoms with Crippen LogP contribution in [0.1, 0.15) is 58.8 Å². The zero-order chi connectivity index (χ0) is 12.9. The topological polar surface area (TPSA) is 37.3 Å². The molecular formula is C16H26O2. The quantitative estimate of drug-likeness (QED) is 0.820. The Morgan fingerprint density at radius 3 is 2.39 bits per heavy atom. The van der Waals surface area contributed by atoms with Crippen LogP contribution in [0.3, 0.4) is 0 Å². The van der Waals surface area contributed by atoms with Gasteiger partial charge in [0.2, 0.25) is 0 Å². The van der Waals surface area contributed by atoms with Crippen LogP contribution in [0.5, 0.6) is 0 Å². The van der Waals surface area contributed by atoms with Crippen LogP contribution in [0, 0.1) is 35.0 Å². The molecule has 4 bridgehead atoms. The Balaban J connectivity index is 1.78. The van der Waals surface area contributed by atoms with Crippen molar-refractivity contribution in [2.45, 2.75) is 58.8 Å². The van der Waals surface area contributed by atoms with Crippen molar-refractivity contribution in [3.63, 3.8) is 0 Å². The van der Waals surface area contributed by atoms with Crippen molar-refractivity contribution in [1.29, 1.82) is 0 Å². The van der Waals surface area contributed by atoms with Gasteiger partial charge in [0.15, 0.2) is 0 Å². The third-order valence-corrected chi connectivity index (χ3v) is 6.38. The monoisotopic (exact) mass is 250 g/mol. The molecule has 1 N–H and O–H groups in total. The second kappa shape index (κ2) is 4.25. The lowest BCUT2D eigenvalue weighted by atomic mass is 9.44. The third kappa shape index (κ3) is 1.88. The Morgan fingerprint density at radius 2 is 1.89 bits per heavy atom. The van der Waals surface area contributed by atoms with Crippen molar-refractivity contribution in [3.8, 4) is 0 Å². The summed E-state index contributed by atoms with van der Waals surface area (Å²) in [6.45, 7) is 4.54. The van der Waals surface area contributed by atoms with E-state index in [1.54, 1.807) is 0 Å². The Morgan fingerprint density at radius 1 is 1.28 bits per heavy atom. The number of hydrogen-bond donors (Lipinski definition) is 1. The van der Waals surface area contributed by atoms with E-state index in [0.717, 1.165) is 17.8 Å². The summed E-state index contributed by atoms with van der Waals surface area (Å²) < 4.78 is 0. The first-order valence-corrected chi connectivity index (χ1v) is 7.75. The second-order valence-electron chi connectivity index (χ2n) is 7.48. The van der Waals surface area contributed by atoms with Gasteiger partial charge in [0.1, 0.15) is 0 Å². The molecular weight excluding hydrogens is 224 g/mol. The van der Waals surface area contributed by atoms with Gasteiger partial charge in [0, 0.05) is 6.42 Å². The highest BCUT2D eigenvalue weighted by molar-refractivity contribution is 5.67. The van der Waals surface area contributed by atoms with Gasteiger partial charge < -0.3 is 5.11 Å². The van der Waals surface area contributed by atoms with Crippen LogP contribution in [-0.2, 0) is 4.79 Å². The van der Waals surface area contributed by atoms with Gasteiger partial charge in [-0.2, -0.15) is 0 Å². The maximum absolute atomic E-state index is 11.0. The Kier molecular flexibility index (Phi) is 2.95. The molecule has 0 saturated heterocycles. The zero-order valence-electron chi connectivity index (χ0n) is 11.7. The van der Waals surface area contributed by atoms with E-state index in [9.17, 15) is 4.79 Å². The van der Waals surface area contributed by atoms with Gasteiger partial charge in [0.25, 0.3) is 0 Å². The Hall–Kier alpha value is -0.530. The third-order valence-electron chi connectivity index (χ3n) is 6.38. The van der Waals surface area contributed by atoms with E-state index in [0.29, 0.717) is 23.7 Å². The van der Waals surface area contributed by atoms with E-state index in [1.807, 2.05) is 0 Å². The summed E-state index contributed by atoms with van der Waals surface area (Å²) in [5.41, 5.74) is 0.649. The molecule has 102 valence electrons. The lowest BCUT2D eigenvalue weighted by molar-refractivity contribution is -0.143. The summed E-state index contributed by atoms with van der Waals surface area (Å²) in [4.78, 5) is 11.0. The highest BCUT2D eigenvalue weighted by Crippen LogP contribution is 2.64. The average Bonchev–Trinajstić information content (AvgIpc) is 2.26. The smallest absolute Gasteiger partial charge is 0.303 e. The van der Waals surface area contributed by atoms with E-state index in [4.69, 9.17) is 5.11 Å². The van der Waals surface area contributed by atoms with Crippen molar-refractivity contribution >= 4 is 5.97 Å². The lowest BCUT2D eigenvalue weighted by Crippen LogP contribution is -2.52. The van der Waals surface area contributed by atoms with E-state index in [2.05, 4.69) is 13.8 Å². The first kappa shape index (κ1) is 12.5. The van der Waals surface area contributed by atoms with Crippen LogP contribution in [0.2, 0.25) is 0 Å². The highest BCUT2D eigenvalue weighted by atomic mass is 16.4. The number of carbonyl (C=O) groups is 1. The van der Waals surface area contributed by atoms with Gasteiger partial charge in [-0.05, 0) is 67.1 Å². The summed E-state index contributed by atoms with van der Waals surface area (Å²) in [7, 11) is 0. The molecule has 2 heteroatoms. The fraction of sp³-hybridized carbons (Fsp3) is 0.938. The molecule has 18 heavy (non-hydrogen) atoms. The molecule has 4 saturated carbocycles. The molecule has 0 radical (unpaired) electrons. The van der Waals surface area contributed by atoms with Gasteiger partial charge in [-0.1, -0.05) is 20.3 Å². The first-order valence-electron chi connectivity index (χ1n) is 7.75. The van der Waals surface area contributed by atoms with Gasteiger partial charge in [-0.15, -0.1) is 0 Å². The predicted octanol–water partition coefficient (Wildman–Crippen LogP) is 3.95. The van der Waals surface area contributed by atoms with Crippen molar-refractivity contribution < 1.29 is 9.90 Å². The summed E-state index contributed by atoms with van der Waals surface area (Å²) in [5, 5.41) is 9.04. The minimum Gasteiger partial charge on any atom is -0.481 e. The average molecular weight is 250 g/mol. The number of aliphatic carboxylic acids is 1. The summed E-state index contributed by atoms with van der Waals surface area (Å²) in [6, 6.07) is 0. The highest BCUT2D eigenvalue weighted by Gasteiger charge is 2.55. The molecule has 0 aromatic heterocycles. The SMILES string of the molecule is CCC12CC3CC(C1)C(C(C)CC(=O)O)C(C3)C2. The molecule has 0 aromatic carbocycles. The molecule has 0 spiro atoms. The number of rotatable bonds is 4. The molecule has 4 aliphatic carbocycles. The first-order chi connectivity index (χ1) is 8.53. The van der Waals surface area contributed by atoms with Crippen LogP contribution < -0.4 is 0 Å². The van der Waals surface area contributed by atoms with Crippen molar-refractivity contribution in [2.24, 2.45) is 35.0 Å². The molecule has 0 heterocycles. The van der Waals surface area contributed by atoms with Crippen molar-refractivity contribution in [2.75, 3.05) is 0 Å². The fourth-order valence-corrected chi connectivity index (χ4v) is 6.01. The fourth-order valence-electron chi connectivity index (χ4n) is 6.01. The number of carboxylic acids is 1. The molecule has 4 rings (SSSR count). The van der Waals surface area contributed by atoms with Gasteiger partial charge in [-0.25, -0.2) is 0 Å². The summed E-state index contributed by atoms with van der Waals surface area (Å²) in [5.74, 6) is 3.12. The zero-order valence-corrected chi connectivity index (χ0v) is 11.7. The van der Waals surface area contributed by atoms with Crippen LogP contribution in [0.4, 0.5) is 0 Å². The molecule has 0 amide bonds.